The van der Waals surface area contributed by atoms with E-state index in [1.165, 1.54) is 11.3 Å². The molecular formula is C26H28N2O6S. The maximum Gasteiger partial charge on any atom is 0.341 e. The van der Waals surface area contributed by atoms with Crippen molar-refractivity contribution in [3.05, 3.63) is 58.5 Å². The fourth-order valence-electron chi connectivity index (χ4n) is 3.82. The van der Waals surface area contributed by atoms with Crippen molar-refractivity contribution in [2.45, 2.75) is 20.3 Å². The van der Waals surface area contributed by atoms with E-state index < -0.39 is 11.9 Å². The minimum atomic E-state index is -0.479. The molecule has 1 N–H and O–H groups in total. The van der Waals surface area contributed by atoms with Crippen molar-refractivity contribution in [1.29, 1.82) is 0 Å². The lowest BCUT2D eigenvalue weighted by Gasteiger charge is -2.27. The first-order valence-electron chi connectivity index (χ1n) is 11.6. The molecule has 1 aromatic heterocycles. The highest BCUT2D eigenvalue weighted by Gasteiger charge is 2.24. The molecule has 1 saturated heterocycles. The smallest absolute Gasteiger partial charge is 0.341 e. The van der Waals surface area contributed by atoms with Gasteiger partial charge in [0.1, 0.15) is 10.8 Å². The molecule has 2 heterocycles. The SMILES string of the molecule is CCOC(=O)c1cc(CC)sc1NC(=O)COc1cc2ccccc2cc1C(=O)N1CCOCC1. The molecule has 0 bridgehead atoms. The van der Waals surface area contributed by atoms with Gasteiger partial charge < -0.3 is 24.4 Å². The summed E-state index contributed by atoms with van der Waals surface area (Å²) in [4.78, 5) is 41.0. The Morgan fingerprint density at radius 1 is 1.03 bits per heavy atom. The second-order valence-electron chi connectivity index (χ2n) is 7.97. The van der Waals surface area contributed by atoms with Gasteiger partial charge in [-0.3, -0.25) is 9.59 Å². The third-order valence-electron chi connectivity index (χ3n) is 5.62. The van der Waals surface area contributed by atoms with E-state index in [9.17, 15) is 14.4 Å². The second-order valence-corrected chi connectivity index (χ2v) is 9.10. The van der Waals surface area contributed by atoms with Gasteiger partial charge in [0.25, 0.3) is 11.8 Å². The molecular weight excluding hydrogens is 468 g/mol. The molecule has 0 unspecified atom stereocenters. The van der Waals surface area contributed by atoms with E-state index in [-0.39, 0.29) is 19.1 Å². The maximum atomic E-state index is 13.3. The molecule has 4 rings (SSSR count). The lowest BCUT2D eigenvalue weighted by atomic mass is 10.0. The second kappa shape index (κ2) is 11.3. The van der Waals surface area contributed by atoms with E-state index in [2.05, 4.69) is 5.32 Å². The van der Waals surface area contributed by atoms with Crippen LogP contribution in [0.5, 0.6) is 5.75 Å². The lowest BCUT2D eigenvalue weighted by molar-refractivity contribution is -0.118. The number of nitrogens with zero attached hydrogens (tertiary/aromatic N) is 1. The summed E-state index contributed by atoms with van der Waals surface area (Å²) in [7, 11) is 0. The molecule has 8 nitrogen and oxygen atoms in total. The highest BCUT2D eigenvalue weighted by Crippen LogP contribution is 2.30. The summed E-state index contributed by atoms with van der Waals surface area (Å²) in [5.74, 6) is -0.739. The third-order valence-corrected chi connectivity index (χ3v) is 6.81. The number of nitrogens with one attached hydrogen (secondary N) is 1. The van der Waals surface area contributed by atoms with Crippen molar-refractivity contribution in [3.8, 4) is 5.75 Å². The Kier molecular flexibility index (Phi) is 7.99. The van der Waals surface area contributed by atoms with Crippen molar-refractivity contribution >= 4 is 44.9 Å². The number of esters is 1. The summed E-state index contributed by atoms with van der Waals surface area (Å²) >= 11 is 1.33. The van der Waals surface area contributed by atoms with Crippen molar-refractivity contribution < 1.29 is 28.6 Å². The molecule has 0 radical (unpaired) electrons. The number of amides is 2. The largest absolute Gasteiger partial charge is 0.483 e. The highest BCUT2D eigenvalue weighted by molar-refractivity contribution is 7.16. The van der Waals surface area contributed by atoms with Gasteiger partial charge >= 0.3 is 5.97 Å². The number of fused-ring (bicyclic) bond motifs is 1. The number of carbonyl (C=O) groups excluding carboxylic acids is 3. The summed E-state index contributed by atoms with van der Waals surface area (Å²) in [5.41, 5.74) is 0.728. The monoisotopic (exact) mass is 496 g/mol. The van der Waals surface area contributed by atoms with Gasteiger partial charge in [-0.25, -0.2) is 4.79 Å². The Morgan fingerprint density at radius 2 is 1.74 bits per heavy atom. The van der Waals surface area contributed by atoms with Crippen molar-refractivity contribution in [2.75, 3.05) is 44.8 Å². The van der Waals surface area contributed by atoms with Crippen LogP contribution in [-0.4, -0.2) is 62.2 Å². The van der Waals surface area contributed by atoms with Crippen LogP contribution in [0.25, 0.3) is 10.8 Å². The van der Waals surface area contributed by atoms with Gasteiger partial charge in [-0.05, 0) is 42.3 Å². The summed E-state index contributed by atoms with van der Waals surface area (Å²) in [6, 6.07) is 13.0. The van der Waals surface area contributed by atoms with Gasteiger partial charge in [0.05, 0.1) is 30.9 Å². The van der Waals surface area contributed by atoms with Crippen LogP contribution in [0.4, 0.5) is 5.00 Å². The number of carbonyl (C=O) groups is 3. The number of anilines is 1. The van der Waals surface area contributed by atoms with Gasteiger partial charge in [0.2, 0.25) is 0 Å². The maximum absolute atomic E-state index is 13.3. The van der Waals surface area contributed by atoms with Crippen LogP contribution in [0.3, 0.4) is 0 Å². The van der Waals surface area contributed by atoms with Gasteiger partial charge in [-0.15, -0.1) is 11.3 Å². The Hall–Kier alpha value is -3.43. The van der Waals surface area contributed by atoms with E-state index >= 15 is 0 Å². The van der Waals surface area contributed by atoms with E-state index in [4.69, 9.17) is 14.2 Å². The van der Waals surface area contributed by atoms with E-state index in [0.717, 1.165) is 22.1 Å². The highest BCUT2D eigenvalue weighted by atomic mass is 32.1. The number of ether oxygens (including phenoxy) is 3. The minimum absolute atomic E-state index is 0.162. The normalized spacial score (nSPS) is 13.5. The molecule has 184 valence electrons. The number of rotatable bonds is 8. The van der Waals surface area contributed by atoms with Crippen LogP contribution in [0, 0.1) is 0 Å². The number of hydrogen-bond acceptors (Lipinski definition) is 7. The molecule has 9 heteroatoms. The lowest BCUT2D eigenvalue weighted by Crippen LogP contribution is -2.40. The Balaban J connectivity index is 1.53. The predicted molar refractivity (Wildman–Crippen MR) is 134 cm³/mol. The molecule has 1 aliphatic rings. The zero-order valence-corrected chi connectivity index (χ0v) is 20.6. The first kappa shape index (κ1) is 24.7. The first-order valence-corrected chi connectivity index (χ1v) is 12.4. The topological polar surface area (TPSA) is 94.2 Å². The molecule has 35 heavy (non-hydrogen) atoms. The fraction of sp³-hybridized carbons (Fsp3) is 0.346. The van der Waals surface area contributed by atoms with Crippen LogP contribution in [0.2, 0.25) is 0 Å². The van der Waals surface area contributed by atoms with Gasteiger partial charge in [-0.2, -0.15) is 0 Å². The number of aryl methyl sites for hydroxylation is 1. The Labute approximate surface area is 207 Å². The van der Waals surface area contributed by atoms with E-state index in [1.54, 1.807) is 30.0 Å². The van der Waals surface area contributed by atoms with Gasteiger partial charge in [0, 0.05) is 18.0 Å². The molecule has 1 fully saturated rings. The standard InChI is InChI=1S/C26H28N2O6S/c1-3-19-15-21(26(31)33-4-2)24(35-19)27-23(29)16-34-22-14-18-8-6-5-7-17(18)13-20(22)25(30)28-9-11-32-12-10-28/h5-8,13-15H,3-4,9-12,16H2,1-2H3,(H,27,29). The summed E-state index contributed by atoms with van der Waals surface area (Å²) in [5, 5.41) is 5.00. The molecule has 3 aromatic rings. The molecule has 1 aliphatic heterocycles. The zero-order valence-electron chi connectivity index (χ0n) is 19.8. The van der Waals surface area contributed by atoms with Crippen molar-refractivity contribution in [1.82, 2.24) is 4.90 Å². The average molecular weight is 497 g/mol. The summed E-state index contributed by atoms with van der Waals surface area (Å²) in [6.07, 6.45) is 0.730. The zero-order chi connectivity index (χ0) is 24.8. The average Bonchev–Trinajstić information content (AvgIpc) is 3.30. The number of benzene rings is 2. The number of morpholine rings is 1. The predicted octanol–water partition coefficient (Wildman–Crippen LogP) is 4.13. The van der Waals surface area contributed by atoms with Crippen LogP contribution < -0.4 is 10.1 Å². The fourth-order valence-corrected chi connectivity index (χ4v) is 4.82. The third kappa shape index (κ3) is 5.80. The van der Waals surface area contributed by atoms with Gasteiger partial charge in [0.15, 0.2) is 6.61 Å². The molecule has 2 aromatic carbocycles. The van der Waals surface area contributed by atoms with Crippen LogP contribution in [-0.2, 0) is 20.7 Å². The van der Waals surface area contributed by atoms with Crippen LogP contribution in [0.1, 0.15) is 39.4 Å². The van der Waals surface area contributed by atoms with E-state index in [0.29, 0.717) is 48.2 Å². The molecule has 0 aliphatic carbocycles. The first-order chi connectivity index (χ1) is 17.0. The van der Waals surface area contributed by atoms with Crippen molar-refractivity contribution in [3.63, 3.8) is 0 Å². The number of hydrogen-bond donors (Lipinski definition) is 1. The summed E-state index contributed by atoms with van der Waals surface area (Å²) < 4.78 is 16.3. The van der Waals surface area contributed by atoms with Crippen LogP contribution >= 0.6 is 11.3 Å². The molecule has 2 amide bonds. The van der Waals surface area contributed by atoms with Crippen molar-refractivity contribution in [2.24, 2.45) is 0 Å². The Morgan fingerprint density at radius 3 is 2.43 bits per heavy atom. The quantitative estimate of drug-likeness (QED) is 0.472. The molecule has 0 saturated carbocycles. The molecule has 0 atom stereocenters. The minimum Gasteiger partial charge on any atom is -0.483 e. The van der Waals surface area contributed by atoms with Crippen LogP contribution in [0.15, 0.2) is 42.5 Å². The molecule has 0 spiro atoms. The summed E-state index contributed by atoms with van der Waals surface area (Å²) in [6.45, 7) is 5.61. The number of thiophene rings is 1. The Bertz CT molecular complexity index is 1230. The van der Waals surface area contributed by atoms with E-state index in [1.807, 2.05) is 31.2 Å². The van der Waals surface area contributed by atoms with Gasteiger partial charge in [-0.1, -0.05) is 31.2 Å².